The molecule has 40 heavy (non-hydrogen) atoms. The summed E-state index contributed by atoms with van der Waals surface area (Å²) in [5.41, 5.74) is 7.62. The van der Waals surface area contributed by atoms with Crippen LogP contribution in [0.15, 0.2) is 115 Å². The van der Waals surface area contributed by atoms with Gasteiger partial charge in [-0.25, -0.2) is 0 Å². The van der Waals surface area contributed by atoms with E-state index in [2.05, 4.69) is 118 Å². The first-order chi connectivity index (χ1) is 18.8. The van der Waals surface area contributed by atoms with Crippen LogP contribution >= 0.6 is 0 Å². The molecule has 5 aromatic carbocycles. The summed E-state index contributed by atoms with van der Waals surface area (Å²) in [6.07, 6.45) is 0. The molecule has 5 heteroatoms. The summed E-state index contributed by atoms with van der Waals surface area (Å²) in [4.78, 5) is 0. The van der Waals surface area contributed by atoms with E-state index in [1.165, 1.54) is 27.5 Å². The molecule has 0 aliphatic rings. The largest absolute Gasteiger partial charge is 0.386 e. The van der Waals surface area contributed by atoms with Gasteiger partial charge in [-0.15, -0.1) is 0 Å². The van der Waals surface area contributed by atoms with E-state index in [0.717, 1.165) is 27.6 Å². The predicted molar refractivity (Wildman–Crippen MR) is 169 cm³/mol. The molecular weight excluding hydrogens is 567 g/mol. The Balaban J connectivity index is 0.000000484. The molecular formula is C35H39N3OY. The third kappa shape index (κ3) is 8.11. The van der Waals surface area contributed by atoms with Gasteiger partial charge < -0.3 is 10.7 Å². The fourth-order valence-electron chi connectivity index (χ4n) is 4.55. The molecule has 203 valence electrons. The maximum Gasteiger partial charge on any atom is 0.0868 e. The van der Waals surface area contributed by atoms with Crippen LogP contribution in [-0.2, 0) is 38.1 Å². The Morgan fingerprint density at radius 3 is 1.80 bits per heavy atom. The number of aryl methyl sites for hydroxylation is 1. The Morgan fingerprint density at radius 2 is 1.25 bits per heavy atom. The zero-order chi connectivity index (χ0) is 28.4. The van der Waals surface area contributed by atoms with E-state index in [9.17, 15) is 5.21 Å². The van der Waals surface area contributed by atoms with Gasteiger partial charge in [-0.05, 0) is 58.8 Å². The smallest absolute Gasteiger partial charge is 0.0868 e. The van der Waals surface area contributed by atoms with Crippen molar-refractivity contribution >= 4 is 28.9 Å². The van der Waals surface area contributed by atoms with Gasteiger partial charge in [0.25, 0.3) is 0 Å². The maximum atomic E-state index is 9.95. The normalized spacial score (nSPS) is 10.2. The molecule has 0 saturated carbocycles. The van der Waals surface area contributed by atoms with Gasteiger partial charge in [-0.3, -0.25) is 10.3 Å². The standard InChI is InChI=1S/C27H28N2O.C7H8.CH3N.Y/c1-27(2,24-15-11-19-7-5-6-8-21(19)17-24)23-13-9-20(10-14-23)22-12-16-25(28-3)26(18-22)29(4)30;1-7-5-3-2-4-6-7;1-2;/h5-18,28,30H,1-4H3;2-6H,1H3;2H,1H2;. The first-order valence-corrected chi connectivity index (χ1v) is 13.0. The molecule has 3 N–H and O–H groups in total. The molecule has 0 bridgehead atoms. The molecule has 0 saturated heterocycles. The Morgan fingerprint density at radius 1 is 0.700 bits per heavy atom. The van der Waals surface area contributed by atoms with Crippen molar-refractivity contribution in [3.05, 3.63) is 132 Å². The number of hydrogen-bond donors (Lipinski definition) is 3. The Labute approximate surface area is 264 Å². The van der Waals surface area contributed by atoms with Crippen LogP contribution in [0, 0.1) is 12.3 Å². The molecule has 4 nitrogen and oxygen atoms in total. The Kier molecular flexibility index (Phi) is 12.7. The first kappa shape index (κ1) is 32.9. The minimum Gasteiger partial charge on any atom is -0.386 e. The summed E-state index contributed by atoms with van der Waals surface area (Å²) in [5.74, 6) is 0. The van der Waals surface area contributed by atoms with Gasteiger partial charge in [0, 0.05) is 52.2 Å². The van der Waals surface area contributed by atoms with Gasteiger partial charge in [0.05, 0.1) is 11.4 Å². The van der Waals surface area contributed by atoms with Gasteiger partial charge in [0.15, 0.2) is 0 Å². The number of nitrogens with zero attached hydrogens (tertiary/aromatic N) is 1. The van der Waals surface area contributed by atoms with Crippen molar-refractivity contribution in [1.82, 2.24) is 0 Å². The number of hydroxylamine groups is 1. The number of hydrogen-bond acceptors (Lipinski definition) is 4. The first-order valence-electron chi connectivity index (χ1n) is 13.0. The molecule has 0 aliphatic heterocycles. The van der Waals surface area contributed by atoms with Crippen molar-refractivity contribution in [2.24, 2.45) is 0 Å². The summed E-state index contributed by atoms with van der Waals surface area (Å²) in [7, 11) is 3.49. The van der Waals surface area contributed by atoms with Crippen molar-refractivity contribution in [1.29, 1.82) is 5.41 Å². The van der Waals surface area contributed by atoms with Crippen molar-refractivity contribution < 1.29 is 37.9 Å². The zero-order valence-electron chi connectivity index (χ0n) is 24.1. The van der Waals surface area contributed by atoms with E-state index in [4.69, 9.17) is 5.41 Å². The molecule has 0 fully saturated rings. The number of anilines is 2. The summed E-state index contributed by atoms with van der Waals surface area (Å²) >= 11 is 0. The Bertz CT molecular complexity index is 1480. The zero-order valence-corrected chi connectivity index (χ0v) is 27.0. The molecule has 5 aromatic rings. The topological polar surface area (TPSA) is 59.4 Å². The molecule has 0 unspecified atom stereocenters. The van der Waals surface area contributed by atoms with Gasteiger partial charge in [0.2, 0.25) is 0 Å². The van der Waals surface area contributed by atoms with Gasteiger partial charge in [0.1, 0.15) is 0 Å². The number of benzene rings is 5. The van der Waals surface area contributed by atoms with Crippen LogP contribution in [0.2, 0.25) is 0 Å². The number of fused-ring (bicyclic) bond motifs is 1. The third-order valence-corrected chi connectivity index (χ3v) is 6.97. The molecule has 1 radical (unpaired) electrons. The molecule has 0 spiro atoms. The van der Waals surface area contributed by atoms with Crippen molar-refractivity contribution in [2.45, 2.75) is 26.2 Å². The second-order valence-electron chi connectivity index (χ2n) is 9.92. The van der Waals surface area contributed by atoms with E-state index in [1.54, 1.807) is 7.05 Å². The van der Waals surface area contributed by atoms with Crippen LogP contribution in [0.25, 0.3) is 21.9 Å². The fourth-order valence-corrected chi connectivity index (χ4v) is 4.55. The SMILES string of the molecule is C=N.CNc1ccc(-c2ccc(C(C)(C)c3ccc4ccccc4c3)cc2)cc1N(C)O.Cc1ccccc1.[Y]. The average Bonchev–Trinajstić information content (AvgIpc) is 2.98. The second-order valence-corrected chi connectivity index (χ2v) is 9.92. The van der Waals surface area contributed by atoms with Crippen LogP contribution in [0.3, 0.4) is 0 Å². The van der Waals surface area contributed by atoms with Crippen LogP contribution in [-0.4, -0.2) is 26.0 Å². The molecule has 0 heterocycles. The monoisotopic (exact) mass is 606 g/mol. The number of rotatable bonds is 5. The van der Waals surface area contributed by atoms with Crippen molar-refractivity contribution in [3.63, 3.8) is 0 Å². The van der Waals surface area contributed by atoms with Gasteiger partial charge >= 0.3 is 0 Å². The summed E-state index contributed by atoms with van der Waals surface area (Å²) in [6.45, 7) is 9.12. The molecule has 5 rings (SSSR count). The van der Waals surface area contributed by atoms with Crippen molar-refractivity contribution in [2.75, 3.05) is 24.5 Å². The van der Waals surface area contributed by atoms with Crippen LogP contribution in [0.4, 0.5) is 11.4 Å². The van der Waals surface area contributed by atoms with Crippen LogP contribution in [0.5, 0.6) is 0 Å². The fraction of sp³-hybridized carbons (Fsp3) is 0.171. The van der Waals surface area contributed by atoms with Gasteiger partial charge in [-0.1, -0.05) is 123 Å². The van der Waals surface area contributed by atoms with E-state index in [-0.39, 0.29) is 38.1 Å². The average molecular weight is 607 g/mol. The molecule has 0 amide bonds. The summed E-state index contributed by atoms with van der Waals surface area (Å²) in [5, 5.41) is 22.2. The Hall–Kier alpha value is -3.31. The van der Waals surface area contributed by atoms with Crippen LogP contribution < -0.4 is 10.4 Å². The second kappa shape index (κ2) is 15.5. The minimum absolute atomic E-state index is 0. The van der Waals surface area contributed by atoms with E-state index in [1.807, 2.05) is 37.4 Å². The summed E-state index contributed by atoms with van der Waals surface area (Å²) < 4.78 is 0. The predicted octanol–water partition coefficient (Wildman–Crippen LogP) is 8.96. The molecule has 0 atom stereocenters. The van der Waals surface area contributed by atoms with E-state index in [0.29, 0.717) is 0 Å². The van der Waals surface area contributed by atoms with E-state index >= 15 is 0 Å². The van der Waals surface area contributed by atoms with Crippen LogP contribution in [0.1, 0.15) is 30.5 Å². The third-order valence-electron chi connectivity index (χ3n) is 6.97. The van der Waals surface area contributed by atoms with Crippen molar-refractivity contribution in [3.8, 4) is 11.1 Å². The number of nitrogens with one attached hydrogen (secondary N) is 2. The molecule has 0 aromatic heterocycles. The van der Waals surface area contributed by atoms with E-state index < -0.39 is 0 Å². The minimum atomic E-state index is -0.102. The quantitative estimate of drug-likeness (QED) is 0.138. The maximum absolute atomic E-state index is 9.95. The summed E-state index contributed by atoms with van der Waals surface area (Å²) in [6, 6.07) is 40.3. The van der Waals surface area contributed by atoms with Gasteiger partial charge in [-0.2, -0.15) is 0 Å². The molecule has 0 aliphatic carbocycles.